The number of anilines is 2. The molecule has 1 aromatic heterocycles. The number of carbonyl (C=O) groups excluding carboxylic acids is 1. The predicted octanol–water partition coefficient (Wildman–Crippen LogP) is 3.34. The van der Waals surface area contributed by atoms with Gasteiger partial charge in [-0.05, 0) is 47.7 Å². The minimum atomic E-state index is -0.548. The maximum absolute atomic E-state index is 12.9. The summed E-state index contributed by atoms with van der Waals surface area (Å²) in [4.78, 5) is 15.3. The minimum Gasteiger partial charge on any atom is -0.461 e. The van der Waals surface area contributed by atoms with Gasteiger partial charge in [-0.15, -0.1) is 0 Å². The smallest absolute Gasteiger partial charge is 0.360 e. The van der Waals surface area contributed by atoms with Crippen LogP contribution in [0, 0.1) is 9.39 Å². The molecule has 0 radical (unpaired) electrons. The molecule has 0 unspecified atom stereocenters. The molecule has 0 saturated carbocycles. The van der Waals surface area contributed by atoms with Gasteiger partial charge in [0.1, 0.15) is 12.1 Å². The van der Waals surface area contributed by atoms with E-state index in [4.69, 9.17) is 9.15 Å². The Kier molecular flexibility index (Phi) is 4.35. The van der Waals surface area contributed by atoms with Crippen molar-refractivity contribution in [1.29, 1.82) is 0 Å². The summed E-state index contributed by atoms with van der Waals surface area (Å²) in [5, 5.41) is 2.86. The fourth-order valence-electron chi connectivity index (χ4n) is 1.34. The Hall–Kier alpha value is -1.64. The van der Waals surface area contributed by atoms with Crippen molar-refractivity contribution in [2.45, 2.75) is 6.92 Å². The molecule has 0 amide bonds. The van der Waals surface area contributed by atoms with Gasteiger partial charge in [0.15, 0.2) is 5.69 Å². The van der Waals surface area contributed by atoms with E-state index in [-0.39, 0.29) is 24.1 Å². The van der Waals surface area contributed by atoms with Crippen molar-refractivity contribution in [3.63, 3.8) is 0 Å². The van der Waals surface area contributed by atoms with Crippen molar-refractivity contribution in [3.05, 3.63) is 39.5 Å². The van der Waals surface area contributed by atoms with Crippen molar-refractivity contribution in [3.8, 4) is 0 Å². The quantitative estimate of drug-likeness (QED) is 0.655. The first-order chi connectivity index (χ1) is 9.10. The largest absolute Gasteiger partial charge is 0.461 e. The maximum Gasteiger partial charge on any atom is 0.360 e. The Morgan fingerprint density at radius 1 is 1.58 bits per heavy atom. The van der Waals surface area contributed by atoms with Crippen LogP contribution in [0.15, 0.2) is 28.9 Å². The Labute approximate surface area is 122 Å². The highest BCUT2D eigenvalue weighted by atomic mass is 127. The second kappa shape index (κ2) is 6.00. The van der Waals surface area contributed by atoms with Gasteiger partial charge in [0.2, 0.25) is 0 Å². The van der Waals surface area contributed by atoms with Crippen molar-refractivity contribution in [2.75, 3.05) is 11.9 Å². The number of aromatic nitrogens is 1. The Balaban J connectivity index is 2.13. The molecule has 0 spiro atoms. The van der Waals surface area contributed by atoms with Gasteiger partial charge in [-0.3, -0.25) is 0 Å². The third kappa shape index (κ3) is 3.43. The highest BCUT2D eigenvalue weighted by molar-refractivity contribution is 14.1. The van der Waals surface area contributed by atoms with E-state index in [2.05, 4.69) is 10.3 Å². The first-order valence-corrected chi connectivity index (χ1v) is 6.52. The predicted molar refractivity (Wildman–Crippen MR) is 74.9 cm³/mol. The molecular weight excluding hydrogens is 366 g/mol. The summed E-state index contributed by atoms with van der Waals surface area (Å²) in [6, 6.07) is 4.40. The van der Waals surface area contributed by atoms with Crippen molar-refractivity contribution in [1.82, 2.24) is 4.98 Å². The summed E-state index contributed by atoms with van der Waals surface area (Å²) in [7, 11) is 0. The summed E-state index contributed by atoms with van der Waals surface area (Å²) in [6.07, 6.45) is 1.21. The highest BCUT2D eigenvalue weighted by Gasteiger charge is 2.13. The van der Waals surface area contributed by atoms with Gasteiger partial charge in [-0.25, -0.2) is 9.18 Å². The van der Waals surface area contributed by atoms with E-state index < -0.39 is 5.97 Å². The van der Waals surface area contributed by atoms with Gasteiger partial charge >= 0.3 is 5.97 Å². The minimum absolute atomic E-state index is 0.0847. The standard InChI is InChI=1S/C12H10FIN2O3/c1-2-18-11(17)10-6-19-12(16-10)15-9-4-3-7(13)5-8(9)14/h3-6H,2H2,1H3,(H,15,16). The third-order valence-electron chi connectivity index (χ3n) is 2.16. The van der Waals surface area contributed by atoms with E-state index in [0.717, 1.165) is 0 Å². The van der Waals surface area contributed by atoms with Crippen LogP contribution in [0.4, 0.5) is 16.1 Å². The van der Waals surface area contributed by atoms with E-state index in [0.29, 0.717) is 9.26 Å². The van der Waals surface area contributed by atoms with Gasteiger partial charge in [-0.2, -0.15) is 4.98 Å². The van der Waals surface area contributed by atoms with Gasteiger partial charge < -0.3 is 14.5 Å². The summed E-state index contributed by atoms with van der Waals surface area (Å²) < 4.78 is 23.5. The molecule has 7 heteroatoms. The molecule has 2 aromatic rings. The van der Waals surface area contributed by atoms with Gasteiger partial charge in [-0.1, -0.05) is 0 Å². The number of esters is 1. The van der Waals surface area contributed by atoms with Crippen molar-refractivity contribution >= 4 is 40.3 Å². The lowest BCUT2D eigenvalue weighted by Crippen LogP contribution is -2.05. The average molecular weight is 376 g/mol. The fourth-order valence-corrected chi connectivity index (χ4v) is 1.95. The SMILES string of the molecule is CCOC(=O)c1coc(Nc2ccc(F)cc2I)n1. The van der Waals surface area contributed by atoms with E-state index in [1.165, 1.54) is 18.4 Å². The molecule has 1 heterocycles. The van der Waals surface area contributed by atoms with Crippen LogP contribution in [0.25, 0.3) is 0 Å². The maximum atomic E-state index is 12.9. The number of halogens is 2. The molecule has 1 aromatic carbocycles. The number of rotatable bonds is 4. The lowest BCUT2D eigenvalue weighted by molar-refractivity contribution is 0.0519. The van der Waals surface area contributed by atoms with E-state index >= 15 is 0 Å². The molecule has 5 nitrogen and oxygen atoms in total. The Morgan fingerprint density at radius 3 is 3.05 bits per heavy atom. The molecule has 0 saturated heterocycles. The molecule has 0 aliphatic heterocycles. The first kappa shape index (κ1) is 13.8. The number of ether oxygens (including phenoxy) is 1. The molecule has 0 aliphatic rings. The second-order valence-corrected chi connectivity index (χ2v) is 4.67. The zero-order valence-corrected chi connectivity index (χ0v) is 12.1. The Bertz CT molecular complexity index is 600. The van der Waals surface area contributed by atoms with E-state index in [9.17, 15) is 9.18 Å². The Morgan fingerprint density at radius 2 is 2.37 bits per heavy atom. The van der Waals surface area contributed by atoms with E-state index in [1.807, 2.05) is 22.6 Å². The highest BCUT2D eigenvalue weighted by Crippen LogP contribution is 2.23. The second-order valence-electron chi connectivity index (χ2n) is 3.51. The summed E-state index contributed by atoms with van der Waals surface area (Å²) >= 11 is 1.98. The van der Waals surface area contributed by atoms with Crippen molar-refractivity contribution < 1.29 is 18.3 Å². The van der Waals surface area contributed by atoms with Crippen LogP contribution in [-0.4, -0.2) is 17.6 Å². The van der Waals surface area contributed by atoms with Crippen LogP contribution in [0.5, 0.6) is 0 Å². The topological polar surface area (TPSA) is 64.4 Å². The number of oxazole rings is 1. The van der Waals surface area contributed by atoms with E-state index in [1.54, 1.807) is 13.0 Å². The molecule has 1 N–H and O–H groups in total. The molecule has 2 rings (SSSR count). The summed E-state index contributed by atoms with van der Waals surface area (Å²) in [5.74, 6) is -0.873. The zero-order valence-electron chi connectivity index (χ0n) is 9.94. The van der Waals surface area contributed by atoms with Crippen LogP contribution < -0.4 is 5.32 Å². The summed E-state index contributed by atoms with van der Waals surface area (Å²) in [6.45, 7) is 1.97. The van der Waals surface area contributed by atoms with Gasteiger partial charge in [0.05, 0.1) is 12.3 Å². The number of benzene rings is 1. The lowest BCUT2D eigenvalue weighted by Gasteiger charge is -2.04. The molecule has 0 bridgehead atoms. The molecular formula is C12H10FIN2O3. The number of hydrogen-bond acceptors (Lipinski definition) is 5. The van der Waals surface area contributed by atoms with Crippen LogP contribution in [0.3, 0.4) is 0 Å². The molecule has 0 aliphatic carbocycles. The lowest BCUT2D eigenvalue weighted by atomic mass is 10.3. The van der Waals surface area contributed by atoms with Crippen LogP contribution in [0.1, 0.15) is 17.4 Å². The molecule has 0 atom stereocenters. The normalized spacial score (nSPS) is 10.3. The van der Waals surface area contributed by atoms with Crippen LogP contribution in [-0.2, 0) is 4.74 Å². The fraction of sp³-hybridized carbons (Fsp3) is 0.167. The first-order valence-electron chi connectivity index (χ1n) is 5.45. The van der Waals surface area contributed by atoms with Crippen LogP contribution >= 0.6 is 22.6 Å². The number of nitrogens with one attached hydrogen (secondary N) is 1. The molecule has 0 fully saturated rings. The zero-order chi connectivity index (χ0) is 13.8. The number of hydrogen-bond donors (Lipinski definition) is 1. The summed E-state index contributed by atoms with van der Waals surface area (Å²) in [5.41, 5.74) is 0.723. The average Bonchev–Trinajstić information content (AvgIpc) is 2.82. The van der Waals surface area contributed by atoms with Gasteiger partial charge in [0, 0.05) is 3.57 Å². The molecule has 100 valence electrons. The number of carbonyl (C=O) groups is 1. The van der Waals surface area contributed by atoms with Crippen LogP contribution in [0.2, 0.25) is 0 Å². The van der Waals surface area contributed by atoms with Crippen molar-refractivity contribution in [2.24, 2.45) is 0 Å². The van der Waals surface area contributed by atoms with Gasteiger partial charge in [0.25, 0.3) is 6.01 Å². The molecule has 19 heavy (non-hydrogen) atoms. The third-order valence-corrected chi connectivity index (χ3v) is 3.05. The number of nitrogens with zero attached hydrogens (tertiary/aromatic N) is 1. The monoisotopic (exact) mass is 376 g/mol.